The minimum absolute atomic E-state index is 0.0259. The molecule has 8 nitrogen and oxygen atoms in total. The van der Waals surface area contributed by atoms with Gasteiger partial charge in [-0.2, -0.15) is 0 Å². The van der Waals surface area contributed by atoms with Gasteiger partial charge >= 0.3 is 5.97 Å². The fraction of sp³-hybridized carbons (Fsp3) is 0.263. The molecule has 2 aromatic carbocycles. The van der Waals surface area contributed by atoms with Gasteiger partial charge in [0.05, 0.1) is 18.1 Å². The van der Waals surface area contributed by atoms with Crippen LogP contribution in [-0.2, 0) is 14.3 Å². The summed E-state index contributed by atoms with van der Waals surface area (Å²) in [6, 6.07) is 12.1. The number of rotatable bonds is 8. The Bertz CT molecular complexity index is 860. The van der Waals surface area contributed by atoms with Crippen molar-refractivity contribution in [3.05, 3.63) is 69.2 Å². The highest BCUT2D eigenvalue weighted by Crippen LogP contribution is 2.28. The zero-order valence-corrected chi connectivity index (χ0v) is 16.2. The number of halogens is 1. The molecule has 0 aromatic heterocycles. The Morgan fingerprint density at radius 2 is 1.93 bits per heavy atom. The molecule has 9 heteroatoms. The molecule has 0 spiro atoms. The molecule has 28 heavy (non-hydrogen) atoms. The van der Waals surface area contributed by atoms with E-state index in [1.54, 1.807) is 43.1 Å². The number of nitro benzene ring substituents is 1. The number of esters is 1. The number of hydrogen-bond acceptors (Lipinski definition) is 6. The number of amides is 1. The molecule has 0 aliphatic carbocycles. The first kappa shape index (κ1) is 21.3. The Labute approximate surface area is 167 Å². The molecule has 1 atom stereocenters. The number of likely N-dealkylation sites (N-methyl/N-ethyl adjacent to an activating group) is 1. The predicted molar refractivity (Wildman–Crippen MR) is 105 cm³/mol. The van der Waals surface area contributed by atoms with Crippen LogP contribution in [0, 0.1) is 10.1 Å². The van der Waals surface area contributed by atoms with E-state index in [9.17, 15) is 19.7 Å². The smallest absolute Gasteiger partial charge is 0.320 e. The molecular formula is C19H20ClN3O5. The number of nitro groups is 1. The summed E-state index contributed by atoms with van der Waals surface area (Å²) in [6.07, 6.45) is 0. The number of ether oxygens (including phenoxy) is 1. The number of benzene rings is 2. The Hall–Kier alpha value is -2.97. The first-order valence-electron chi connectivity index (χ1n) is 8.49. The van der Waals surface area contributed by atoms with Crippen molar-refractivity contribution in [3.8, 4) is 0 Å². The molecule has 1 unspecified atom stereocenters. The van der Waals surface area contributed by atoms with E-state index < -0.39 is 22.8 Å². The lowest BCUT2D eigenvalue weighted by Gasteiger charge is -2.26. The van der Waals surface area contributed by atoms with Crippen LogP contribution in [0.1, 0.15) is 18.5 Å². The molecule has 0 fully saturated rings. The number of carbonyl (C=O) groups is 2. The summed E-state index contributed by atoms with van der Waals surface area (Å²) in [5, 5.41) is 13.7. The number of hydrogen-bond donors (Lipinski definition) is 1. The molecule has 1 amide bonds. The van der Waals surface area contributed by atoms with E-state index in [1.165, 1.54) is 18.2 Å². The lowest BCUT2D eigenvalue weighted by atomic mass is 10.0. The highest BCUT2D eigenvalue weighted by molar-refractivity contribution is 6.32. The lowest BCUT2D eigenvalue weighted by Crippen LogP contribution is -2.38. The third kappa shape index (κ3) is 5.51. The van der Waals surface area contributed by atoms with Crippen molar-refractivity contribution in [2.45, 2.75) is 13.0 Å². The zero-order valence-electron chi connectivity index (χ0n) is 15.4. The van der Waals surface area contributed by atoms with Gasteiger partial charge in [-0.25, -0.2) is 0 Å². The molecule has 2 rings (SSSR count). The van der Waals surface area contributed by atoms with E-state index in [2.05, 4.69) is 5.32 Å². The molecular weight excluding hydrogens is 386 g/mol. The molecule has 0 heterocycles. The first-order valence-corrected chi connectivity index (χ1v) is 8.87. The molecule has 0 aliphatic rings. The molecule has 0 bridgehead atoms. The van der Waals surface area contributed by atoms with Gasteiger partial charge in [0.15, 0.2) is 0 Å². The van der Waals surface area contributed by atoms with Crippen LogP contribution in [0.4, 0.5) is 11.4 Å². The fourth-order valence-corrected chi connectivity index (χ4v) is 2.87. The summed E-state index contributed by atoms with van der Waals surface area (Å²) in [6.45, 7) is 1.84. The summed E-state index contributed by atoms with van der Waals surface area (Å²) < 4.78 is 4.95. The van der Waals surface area contributed by atoms with Crippen molar-refractivity contribution in [2.24, 2.45) is 0 Å². The minimum atomic E-state index is -0.805. The van der Waals surface area contributed by atoms with Gasteiger partial charge in [-0.1, -0.05) is 41.9 Å². The topological polar surface area (TPSA) is 102 Å². The summed E-state index contributed by atoms with van der Waals surface area (Å²) in [5.74, 6) is -0.907. The Kier molecular flexibility index (Phi) is 7.48. The van der Waals surface area contributed by atoms with Gasteiger partial charge in [0.25, 0.3) is 5.69 Å². The van der Waals surface area contributed by atoms with Gasteiger partial charge in [-0.3, -0.25) is 24.6 Å². The van der Waals surface area contributed by atoms with Gasteiger partial charge in [0.1, 0.15) is 11.1 Å². The molecule has 0 radical (unpaired) electrons. The average molecular weight is 406 g/mol. The third-order valence-electron chi connectivity index (χ3n) is 3.90. The molecule has 148 valence electrons. The van der Waals surface area contributed by atoms with Crippen molar-refractivity contribution in [3.63, 3.8) is 0 Å². The molecule has 0 aliphatic heterocycles. The van der Waals surface area contributed by atoms with E-state index in [0.717, 1.165) is 0 Å². The maximum Gasteiger partial charge on any atom is 0.320 e. The lowest BCUT2D eigenvalue weighted by molar-refractivity contribution is -0.384. The van der Waals surface area contributed by atoms with E-state index in [0.29, 0.717) is 5.56 Å². The fourth-order valence-electron chi connectivity index (χ4n) is 2.68. The van der Waals surface area contributed by atoms with Crippen molar-refractivity contribution < 1.29 is 19.2 Å². The Morgan fingerprint density at radius 1 is 1.25 bits per heavy atom. The Balaban J connectivity index is 2.28. The van der Waals surface area contributed by atoms with E-state index in [-0.39, 0.29) is 29.5 Å². The highest BCUT2D eigenvalue weighted by atomic mass is 35.5. The van der Waals surface area contributed by atoms with Crippen molar-refractivity contribution in [2.75, 3.05) is 25.5 Å². The second-order valence-electron chi connectivity index (χ2n) is 5.95. The molecule has 2 aromatic rings. The molecule has 1 N–H and O–H groups in total. The zero-order chi connectivity index (χ0) is 20.7. The largest absolute Gasteiger partial charge is 0.465 e. The minimum Gasteiger partial charge on any atom is -0.465 e. The normalized spacial score (nSPS) is 11.7. The monoisotopic (exact) mass is 405 g/mol. The second kappa shape index (κ2) is 9.82. The van der Waals surface area contributed by atoms with Crippen LogP contribution in [0.25, 0.3) is 0 Å². The van der Waals surface area contributed by atoms with Crippen LogP contribution >= 0.6 is 11.6 Å². The number of anilines is 1. The van der Waals surface area contributed by atoms with Crippen LogP contribution < -0.4 is 5.32 Å². The number of nitrogens with one attached hydrogen (secondary N) is 1. The van der Waals surface area contributed by atoms with E-state index in [4.69, 9.17) is 16.3 Å². The van der Waals surface area contributed by atoms with E-state index in [1.807, 2.05) is 6.07 Å². The number of nitrogens with zero attached hydrogens (tertiary/aromatic N) is 2. The predicted octanol–water partition coefficient (Wildman–Crippen LogP) is 3.42. The highest BCUT2D eigenvalue weighted by Gasteiger charge is 2.27. The van der Waals surface area contributed by atoms with Crippen LogP contribution in [0.5, 0.6) is 0 Å². The van der Waals surface area contributed by atoms with Gasteiger partial charge < -0.3 is 10.1 Å². The van der Waals surface area contributed by atoms with E-state index >= 15 is 0 Å². The summed E-state index contributed by atoms with van der Waals surface area (Å²) in [5.41, 5.74) is 0.581. The van der Waals surface area contributed by atoms with Crippen molar-refractivity contribution in [1.29, 1.82) is 0 Å². The quantitative estimate of drug-likeness (QED) is 0.410. The summed E-state index contributed by atoms with van der Waals surface area (Å²) >= 11 is 5.81. The number of carbonyl (C=O) groups excluding carboxylic acids is 2. The van der Waals surface area contributed by atoms with Crippen molar-refractivity contribution >= 4 is 34.9 Å². The van der Waals surface area contributed by atoms with Crippen LogP contribution in [0.15, 0.2) is 48.5 Å². The van der Waals surface area contributed by atoms with Crippen LogP contribution in [-0.4, -0.2) is 41.9 Å². The first-order chi connectivity index (χ1) is 13.3. The van der Waals surface area contributed by atoms with Gasteiger partial charge in [0.2, 0.25) is 5.91 Å². The maximum atomic E-state index is 13.0. The summed E-state index contributed by atoms with van der Waals surface area (Å²) in [7, 11) is 1.62. The summed E-state index contributed by atoms with van der Waals surface area (Å²) in [4.78, 5) is 36.8. The Morgan fingerprint density at radius 3 is 2.54 bits per heavy atom. The molecule has 0 saturated carbocycles. The average Bonchev–Trinajstić information content (AvgIpc) is 2.64. The van der Waals surface area contributed by atoms with Gasteiger partial charge in [0, 0.05) is 11.8 Å². The standard InChI is InChI=1S/C19H20ClN3O5/c1-3-28-17(24)12-22(2)18(13-7-5-4-6-8-13)19(25)21-14-9-10-15(20)16(11-14)23(26)27/h4-11,18H,3,12H2,1-2H3,(H,21,25). The second-order valence-corrected chi connectivity index (χ2v) is 6.35. The van der Waals surface area contributed by atoms with Crippen LogP contribution in [0.2, 0.25) is 5.02 Å². The van der Waals surface area contributed by atoms with Crippen LogP contribution in [0.3, 0.4) is 0 Å². The van der Waals surface area contributed by atoms with Gasteiger partial charge in [-0.15, -0.1) is 0 Å². The van der Waals surface area contributed by atoms with Crippen molar-refractivity contribution in [1.82, 2.24) is 4.90 Å². The third-order valence-corrected chi connectivity index (χ3v) is 4.22. The SMILES string of the molecule is CCOC(=O)CN(C)C(C(=O)Nc1ccc(Cl)c([N+](=O)[O-])c1)c1ccccc1. The molecule has 0 saturated heterocycles. The van der Waals surface area contributed by atoms with Gasteiger partial charge in [-0.05, 0) is 31.7 Å². The maximum absolute atomic E-state index is 13.0.